The molecule has 1 fully saturated rings. The van der Waals surface area contributed by atoms with Gasteiger partial charge in [0.05, 0.1) is 0 Å². The Morgan fingerprint density at radius 3 is 2.46 bits per heavy atom. The normalized spacial score (nSPS) is 18.6. The van der Waals surface area contributed by atoms with Crippen molar-refractivity contribution in [2.24, 2.45) is 0 Å². The molecule has 0 radical (unpaired) electrons. The van der Waals surface area contributed by atoms with Gasteiger partial charge in [0.1, 0.15) is 5.82 Å². The average Bonchev–Trinajstić information content (AvgIpc) is 2.84. The van der Waals surface area contributed by atoms with Gasteiger partial charge in [-0.15, -0.1) is 0 Å². The van der Waals surface area contributed by atoms with Gasteiger partial charge < -0.3 is 5.32 Å². The fraction of sp³-hybridized carbons (Fsp3) is 0.455. The summed E-state index contributed by atoms with van der Waals surface area (Å²) in [4.78, 5) is 0. The van der Waals surface area contributed by atoms with Crippen molar-refractivity contribution in [3.8, 4) is 0 Å². The second-order valence-electron chi connectivity index (χ2n) is 4.04. The van der Waals surface area contributed by atoms with E-state index >= 15 is 0 Å². The predicted molar refractivity (Wildman–Crippen MR) is 50.9 cm³/mol. The molecule has 0 amide bonds. The van der Waals surface area contributed by atoms with Gasteiger partial charge in [-0.25, -0.2) is 4.39 Å². The molecule has 0 atom stereocenters. The molecule has 13 heavy (non-hydrogen) atoms. The number of hydrogen-bond donors (Lipinski definition) is 1. The van der Waals surface area contributed by atoms with Gasteiger partial charge in [0.25, 0.3) is 0 Å². The third kappa shape index (κ3) is 2.28. The molecule has 0 unspecified atom stereocenters. The topological polar surface area (TPSA) is 12.0 Å². The summed E-state index contributed by atoms with van der Waals surface area (Å²) < 4.78 is 12.6. The summed E-state index contributed by atoms with van der Waals surface area (Å²) in [5, 5.41) is 3.45. The Morgan fingerprint density at radius 1 is 1.31 bits per heavy atom. The van der Waals surface area contributed by atoms with Crippen LogP contribution in [0.25, 0.3) is 0 Å². The zero-order valence-electron chi connectivity index (χ0n) is 7.81. The van der Waals surface area contributed by atoms with Crippen molar-refractivity contribution in [3.63, 3.8) is 0 Å². The first-order valence-corrected chi connectivity index (χ1v) is 4.67. The van der Waals surface area contributed by atoms with Gasteiger partial charge in [0.2, 0.25) is 0 Å². The Balaban J connectivity index is 1.91. The largest absolute Gasteiger partial charge is 0.307 e. The summed E-state index contributed by atoms with van der Waals surface area (Å²) in [5.41, 5.74) is 1.50. The van der Waals surface area contributed by atoms with Crippen molar-refractivity contribution in [2.45, 2.75) is 31.8 Å². The molecule has 1 aliphatic rings. The highest BCUT2D eigenvalue weighted by atomic mass is 19.1. The molecular weight excluding hydrogens is 165 g/mol. The smallest absolute Gasteiger partial charge is 0.123 e. The summed E-state index contributed by atoms with van der Waals surface area (Å²) >= 11 is 0. The molecule has 0 aliphatic heterocycles. The lowest BCUT2D eigenvalue weighted by atomic mass is 10.2. The van der Waals surface area contributed by atoms with E-state index in [9.17, 15) is 4.39 Å². The van der Waals surface area contributed by atoms with Crippen LogP contribution in [-0.4, -0.2) is 5.54 Å². The van der Waals surface area contributed by atoms with Crippen molar-refractivity contribution in [3.05, 3.63) is 35.6 Å². The zero-order chi connectivity index (χ0) is 9.31. The maximum absolute atomic E-state index is 12.6. The third-order valence-corrected chi connectivity index (χ3v) is 2.63. The Labute approximate surface area is 78.0 Å². The van der Waals surface area contributed by atoms with Crippen molar-refractivity contribution in [1.82, 2.24) is 5.32 Å². The number of rotatable bonds is 3. The van der Waals surface area contributed by atoms with E-state index in [0.29, 0.717) is 5.54 Å². The first-order chi connectivity index (χ1) is 6.18. The molecule has 70 valence electrons. The SMILES string of the molecule is CC1(NCc2ccc(F)cc2)CC1. The fourth-order valence-electron chi connectivity index (χ4n) is 1.28. The van der Waals surface area contributed by atoms with E-state index in [1.165, 1.54) is 25.0 Å². The monoisotopic (exact) mass is 179 g/mol. The van der Waals surface area contributed by atoms with Crippen LogP contribution in [0.4, 0.5) is 4.39 Å². The van der Waals surface area contributed by atoms with Gasteiger partial charge in [-0.1, -0.05) is 12.1 Å². The van der Waals surface area contributed by atoms with Gasteiger partial charge in [-0.05, 0) is 37.5 Å². The van der Waals surface area contributed by atoms with E-state index < -0.39 is 0 Å². The van der Waals surface area contributed by atoms with E-state index in [4.69, 9.17) is 0 Å². The van der Waals surface area contributed by atoms with Crippen LogP contribution in [0.3, 0.4) is 0 Å². The van der Waals surface area contributed by atoms with E-state index in [-0.39, 0.29) is 5.82 Å². The van der Waals surface area contributed by atoms with Crippen LogP contribution in [0.1, 0.15) is 25.3 Å². The van der Waals surface area contributed by atoms with E-state index in [0.717, 1.165) is 12.1 Å². The molecule has 0 aromatic heterocycles. The third-order valence-electron chi connectivity index (χ3n) is 2.63. The maximum atomic E-state index is 12.6. The Bertz CT molecular complexity index is 287. The fourth-order valence-corrected chi connectivity index (χ4v) is 1.28. The van der Waals surface area contributed by atoms with Crippen molar-refractivity contribution in [1.29, 1.82) is 0 Å². The van der Waals surface area contributed by atoms with Gasteiger partial charge in [0.15, 0.2) is 0 Å². The number of nitrogens with one attached hydrogen (secondary N) is 1. The summed E-state index contributed by atoms with van der Waals surface area (Å²) in [7, 11) is 0. The molecular formula is C11H14FN. The maximum Gasteiger partial charge on any atom is 0.123 e. The second kappa shape index (κ2) is 3.11. The molecule has 1 N–H and O–H groups in total. The first kappa shape index (κ1) is 8.70. The molecule has 0 saturated heterocycles. The van der Waals surface area contributed by atoms with Crippen LogP contribution in [0.5, 0.6) is 0 Å². The Kier molecular flexibility index (Phi) is 2.08. The van der Waals surface area contributed by atoms with Crippen LogP contribution < -0.4 is 5.32 Å². The highest BCUT2D eigenvalue weighted by Crippen LogP contribution is 2.34. The minimum atomic E-state index is -0.165. The zero-order valence-corrected chi connectivity index (χ0v) is 7.81. The molecule has 2 rings (SSSR count). The van der Waals surface area contributed by atoms with Crippen molar-refractivity contribution >= 4 is 0 Å². The first-order valence-electron chi connectivity index (χ1n) is 4.67. The highest BCUT2D eigenvalue weighted by Gasteiger charge is 2.36. The summed E-state index contributed by atoms with van der Waals surface area (Å²) in [5.74, 6) is -0.165. The van der Waals surface area contributed by atoms with Crippen LogP contribution >= 0.6 is 0 Å². The lowest BCUT2D eigenvalue weighted by Crippen LogP contribution is -2.26. The molecule has 0 heterocycles. The molecule has 1 aromatic carbocycles. The van der Waals surface area contributed by atoms with Crippen molar-refractivity contribution in [2.75, 3.05) is 0 Å². The Hall–Kier alpha value is -0.890. The number of benzene rings is 1. The van der Waals surface area contributed by atoms with Crippen LogP contribution in [0, 0.1) is 5.82 Å². The van der Waals surface area contributed by atoms with Crippen LogP contribution in [0.15, 0.2) is 24.3 Å². The van der Waals surface area contributed by atoms with Gasteiger partial charge >= 0.3 is 0 Å². The van der Waals surface area contributed by atoms with E-state index in [1.54, 1.807) is 0 Å². The van der Waals surface area contributed by atoms with Gasteiger partial charge in [0, 0.05) is 12.1 Å². The Morgan fingerprint density at radius 2 is 1.92 bits per heavy atom. The van der Waals surface area contributed by atoms with Gasteiger partial charge in [-0.3, -0.25) is 0 Å². The van der Waals surface area contributed by atoms with Crippen molar-refractivity contribution < 1.29 is 4.39 Å². The minimum Gasteiger partial charge on any atom is -0.307 e. The molecule has 2 heteroatoms. The quantitative estimate of drug-likeness (QED) is 0.751. The summed E-state index contributed by atoms with van der Waals surface area (Å²) in [6.07, 6.45) is 2.52. The number of hydrogen-bond acceptors (Lipinski definition) is 1. The molecule has 1 aromatic rings. The molecule has 1 aliphatic carbocycles. The molecule has 0 bridgehead atoms. The summed E-state index contributed by atoms with van der Waals surface area (Å²) in [6.45, 7) is 3.06. The summed E-state index contributed by atoms with van der Waals surface area (Å²) in [6, 6.07) is 6.67. The second-order valence-corrected chi connectivity index (χ2v) is 4.04. The molecule has 1 nitrogen and oxygen atoms in total. The van der Waals surface area contributed by atoms with Gasteiger partial charge in [-0.2, -0.15) is 0 Å². The molecule has 0 spiro atoms. The van der Waals surface area contributed by atoms with Crippen LogP contribution in [0.2, 0.25) is 0 Å². The number of halogens is 1. The van der Waals surface area contributed by atoms with E-state index in [1.807, 2.05) is 12.1 Å². The van der Waals surface area contributed by atoms with Crippen LogP contribution in [-0.2, 0) is 6.54 Å². The average molecular weight is 179 g/mol. The standard InChI is InChI=1S/C11H14FN/c1-11(6-7-11)13-8-9-2-4-10(12)5-3-9/h2-5,13H,6-8H2,1H3. The lowest BCUT2D eigenvalue weighted by molar-refractivity contribution is 0.537. The highest BCUT2D eigenvalue weighted by molar-refractivity contribution is 5.16. The minimum absolute atomic E-state index is 0.165. The molecule has 1 saturated carbocycles. The predicted octanol–water partition coefficient (Wildman–Crippen LogP) is 2.47. The lowest BCUT2D eigenvalue weighted by Gasteiger charge is -2.10. The van der Waals surface area contributed by atoms with E-state index in [2.05, 4.69) is 12.2 Å².